The van der Waals surface area contributed by atoms with Crippen LogP contribution in [0.4, 0.5) is 17.3 Å². The molecule has 0 spiro atoms. The molecule has 1 saturated heterocycles. The van der Waals surface area contributed by atoms with Gasteiger partial charge in [-0.3, -0.25) is 4.98 Å². The summed E-state index contributed by atoms with van der Waals surface area (Å²) in [6.45, 7) is 5.32. The number of piperazine rings is 1. The van der Waals surface area contributed by atoms with Crippen molar-refractivity contribution < 1.29 is 9.33 Å². The van der Waals surface area contributed by atoms with Gasteiger partial charge in [0.1, 0.15) is 23.1 Å². The summed E-state index contributed by atoms with van der Waals surface area (Å²) in [6.07, 6.45) is 8.32. The van der Waals surface area contributed by atoms with Crippen LogP contribution in [0.2, 0.25) is 5.02 Å². The lowest BCUT2D eigenvalue weighted by Gasteiger charge is -2.36. The molecular formula is C30H33ClN9O+. The SMILES string of the molecule is Cc1cc2c(Cl)c(Oc3nc(NC4=N[N+](C)(C)C(C5CC5)=C4)cc(N4CCN(c5cccnc5)CC4)n3)ccc2[nH]1. The third kappa shape index (κ3) is 5.20. The van der Waals surface area contributed by atoms with Crippen molar-refractivity contribution in [1.29, 1.82) is 0 Å². The molecule has 2 fully saturated rings. The van der Waals surface area contributed by atoms with Crippen LogP contribution >= 0.6 is 11.6 Å². The number of allylic oxidation sites excluding steroid dienone is 1. The average Bonchev–Trinajstić information content (AvgIpc) is 3.66. The van der Waals surface area contributed by atoms with E-state index in [1.807, 2.05) is 43.5 Å². The first-order valence-corrected chi connectivity index (χ1v) is 14.4. The van der Waals surface area contributed by atoms with Crippen molar-refractivity contribution >= 4 is 45.7 Å². The number of halogens is 1. The molecular weight excluding hydrogens is 538 g/mol. The number of nitrogens with zero attached hydrogens (tertiary/aromatic N) is 7. The first-order valence-electron chi connectivity index (χ1n) is 14.0. The Morgan fingerprint density at radius 1 is 1.05 bits per heavy atom. The van der Waals surface area contributed by atoms with Crippen LogP contribution in [0.5, 0.6) is 11.8 Å². The van der Waals surface area contributed by atoms with Crippen molar-refractivity contribution in [3.63, 3.8) is 0 Å². The monoisotopic (exact) mass is 570 g/mol. The largest absolute Gasteiger partial charge is 0.423 e. The van der Waals surface area contributed by atoms with E-state index in [1.165, 1.54) is 18.5 Å². The van der Waals surface area contributed by atoms with Crippen molar-refractivity contribution in [3.8, 4) is 11.8 Å². The molecule has 2 aliphatic heterocycles. The number of quaternary nitrogens is 1. The molecule has 11 heteroatoms. The van der Waals surface area contributed by atoms with Crippen LogP contribution in [0.25, 0.3) is 10.9 Å². The summed E-state index contributed by atoms with van der Waals surface area (Å²) in [6, 6.07) is 12.1. The van der Waals surface area contributed by atoms with Crippen molar-refractivity contribution in [2.75, 3.05) is 55.4 Å². The first-order chi connectivity index (χ1) is 19.8. The van der Waals surface area contributed by atoms with Gasteiger partial charge in [0.15, 0.2) is 5.84 Å². The van der Waals surface area contributed by atoms with Gasteiger partial charge in [-0.2, -0.15) is 14.6 Å². The maximum atomic E-state index is 6.76. The molecule has 41 heavy (non-hydrogen) atoms. The smallest absolute Gasteiger partial charge is 0.325 e. The Hall–Kier alpha value is -4.15. The second-order valence-corrected chi connectivity index (χ2v) is 11.7. The molecule has 4 aromatic rings. The Kier molecular flexibility index (Phi) is 6.32. The predicted octanol–water partition coefficient (Wildman–Crippen LogP) is 5.54. The number of aryl methyl sites for hydroxylation is 1. The molecule has 5 heterocycles. The minimum absolute atomic E-state index is 0.229. The van der Waals surface area contributed by atoms with Crippen LogP contribution < -0.4 is 19.9 Å². The third-order valence-electron chi connectivity index (χ3n) is 7.87. The van der Waals surface area contributed by atoms with Gasteiger partial charge in [0.05, 0.1) is 31.0 Å². The number of rotatable bonds is 6. The number of pyridine rings is 1. The molecule has 0 bridgehead atoms. The maximum absolute atomic E-state index is 6.76. The number of nitrogens with one attached hydrogen (secondary N) is 2. The van der Waals surface area contributed by atoms with Gasteiger partial charge in [0, 0.05) is 67.0 Å². The summed E-state index contributed by atoms with van der Waals surface area (Å²) in [5, 5.41) is 9.78. The second kappa shape index (κ2) is 10.0. The van der Waals surface area contributed by atoms with E-state index in [0.717, 1.165) is 60.1 Å². The number of aromatic nitrogens is 4. The molecule has 0 unspecified atom stereocenters. The van der Waals surface area contributed by atoms with Crippen LogP contribution in [-0.2, 0) is 0 Å². The van der Waals surface area contributed by atoms with Crippen LogP contribution in [-0.4, -0.2) is 70.6 Å². The Morgan fingerprint density at radius 2 is 1.85 bits per heavy atom. The fourth-order valence-corrected chi connectivity index (χ4v) is 5.93. The Morgan fingerprint density at radius 3 is 2.61 bits per heavy atom. The molecule has 210 valence electrons. The normalized spacial score (nSPS) is 18.4. The molecule has 1 aromatic carbocycles. The van der Waals surface area contributed by atoms with Gasteiger partial charge in [-0.15, -0.1) is 0 Å². The average molecular weight is 571 g/mol. The highest BCUT2D eigenvalue weighted by Gasteiger charge is 2.41. The Balaban J connectivity index is 1.18. The van der Waals surface area contributed by atoms with E-state index in [1.54, 1.807) is 6.20 Å². The van der Waals surface area contributed by atoms with Crippen LogP contribution in [0, 0.1) is 12.8 Å². The van der Waals surface area contributed by atoms with Gasteiger partial charge >= 0.3 is 6.01 Å². The first kappa shape index (κ1) is 25.8. The van der Waals surface area contributed by atoms with E-state index in [0.29, 0.717) is 27.1 Å². The summed E-state index contributed by atoms with van der Waals surface area (Å²) in [4.78, 5) is 21.8. The molecule has 10 nitrogen and oxygen atoms in total. The summed E-state index contributed by atoms with van der Waals surface area (Å²) in [5.74, 6) is 3.32. The van der Waals surface area contributed by atoms with Crippen LogP contribution in [0.15, 0.2) is 65.7 Å². The number of benzene rings is 1. The topological polar surface area (TPSA) is 94.6 Å². The standard InChI is InChI=1S/C30H33ClN9O/c1-19-15-22-23(33-19)8-9-25(29(22)31)41-30-35-26(34-27-16-24(20-6-7-20)40(2,3)37-27)17-28(36-30)39-13-11-38(12-14-39)21-5-4-10-32-18-21/h4-5,8-10,15-18,20,33H,6-7,11-14H2,1-3H3,(H,34,35,36,37)/q+1. The number of hydrogen-bond donors (Lipinski definition) is 2. The van der Waals surface area contributed by atoms with E-state index in [-0.39, 0.29) is 6.01 Å². The highest BCUT2D eigenvalue weighted by Crippen LogP contribution is 2.42. The quantitative estimate of drug-likeness (QED) is 0.294. The molecule has 3 aromatic heterocycles. The number of ether oxygens (including phenoxy) is 1. The van der Waals surface area contributed by atoms with Gasteiger partial charge < -0.3 is 24.8 Å². The molecule has 1 aliphatic carbocycles. The lowest BCUT2D eigenvalue weighted by Crippen LogP contribution is -2.46. The minimum Gasteiger partial charge on any atom is -0.423 e. The Bertz CT molecular complexity index is 1670. The van der Waals surface area contributed by atoms with Gasteiger partial charge in [0.2, 0.25) is 0 Å². The number of H-pyrrole nitrogens is 1. The molecule has 3 aliphatic rings. The number of anilines is 3. The summed E-state index contributed by atoms with van der Waals surface area (Å²) in [7, 11) is 4.22. The minimum atomic E-state index is 0.229. The van der Waals surface area contributed by atoms with E-state index in [9.17, 15) is 0 Å². The van der Waals surface area contributed by atoms with Gasteiger partial charge in [-0.1, -0.05) is 16.7 Å². The fourth-order valence-electron chi connectivity index (χ4n) is 5.67. The number of amidine groups is 1. The number of aromatic amines is 1. The summed E-state index contributed by atoms with van der Waals surface area (Å²) >= 11 is 6.76. The lowest BCUT2D eigenvalue weighted by atomic mass is 10.2. The second-order valence-electron chi connectivity index (χ2n) is 11.3. The molecule has 2 N–H and O–H groups in total. The van der Waals surface area contributed by atoms with Crippen molar-refractivity contribution in [2.45, 2.75) is 19.8 Å². The highest BCUT2D eigenvalue weighted by atomic mass is 35.5. The predicted molar refractivity (Wildman–Crippen MR) is 163 cm³/mol. The lowest BCUT2D eigenvalue weighted by molar-refractivity contribution is -0.859. The number of hydrogen-bond acceptors (Lipinski definition) is 8. The number of fused-ring (bicyclic) bond motifs is 1. The van der Waals surface area contributed by atoms with E-state index in [2.05, 4.69) is 51.3 Å². The zero-order chi connectivity index (χ0) is 28.1. The van der Waals surface area contributed by atoms with Gasteiger partial charge in [-0.05, 0) is 50.1 Å². The molecule has 1 saturated carbocycles. The van der Waals surface area contributed by atoms with Gasteiger partial charge in [-0.25, -0.2) is 0 Å². The van der Waals surface area contributed by atoms with Gasteiger partial charge in [0.25, 0.3) is 0 Å². The Labute approximate surface area is 243 Å². The fraction of sp³-hybridized carbons (Fsp3) is 0.333. The molecule has 7 rings (SSSR count). The van der Waals surface area contributed by atoms with Crippen LogP contribution in [0.3, 0.4) is 0 Å². The van der Waals surface area contributed by atoms with E-state index < -0.39 is 0 Å². The van der Waals surface area contributed by atoms with Crippen molar-refractivity contribution in [1.82, 2.24) is 19.9 Å². The van der Waals surface area contributed by atoms with Crippen molar-refractivity contribution in [3.05, 3.63) is 71.3 Å². The zero-order valence-corrected chi connectivity index (χ0v) is 24.2. The maximum Gasteiger partial charge on any atom is 0.325 e. The van der Waals surface area contributed by atoms with Crippen LogP contribution in [0.1, 0.15) is 18.5 Å². The molecule has 0 radical (unpaired) electrons. The molecule has 0 atom stereocenters. The highest BCUT2D eigenvalue weighted by molar-refractivity contribution is 6.37. The third-order valence-corrected chi connectivity index (χ3v) is 8.26. The summed E-state index contributed by atoms with van der Waals surface area (Å²) < 4.78 is 6.76. The summed E-state index contributed by atoms with van der Waals surface area (Å²) in [5.41, 5.74) is 4.45. The molecule has 0 amide bonds. The van der Waals surface area contributed by atoms with E-state index >= 15 is 0 Å². The van der Waals surface area contributed by atoms with E-state index in [4.69, 9.17) is 31.4 Å². The zero-order valence-electron chi connectivity index (χ0n) is 23.4. The van der Waals surface area contributed by atoms with Crippen molar-refractivity contribution in [2.24, 2.45) is 11.0 Å².